The largest absolute Gasteiger partial charge is 0.394 e. The van der Waals surface area contributed by atoms with Gasteiger partial charge in [-0.2, -0.15) is 5.10 Å². The van der Waals surface area contributed by atoms with Crippen molar-refractivity contribution >= 4 is 11.5 Å². The number of aryl methyl sites for hydroxylation is 1. The molecule has 5 nitrogen and oxygen atoms in total. The molecule has 1 heterocycles. The molecule has 17 heavy (non-hydrogen) atoms. The molecule has 0 saturated carbocycles. The molecule has 0 amide bonds. The van der Waals surface area contributed by atoms with E-state index in [0.717, 1.165) is 23.7 Å². The summed E-state index contributed by atoms with van der Waals surface area (Å²) in [6, 6.07) is 0.336. The molecule has 1 aromatic rings. The van der Waals surface area contributed by atoms with Gasteiger partial charge in [-0.15, -0.1) is 0 Å². The maximum atomic E-state index is 6.12. The van der Waals surface area contributed by atoms with E-state index in [0.29, 0.717) is 12.0 Å². The lowest BCUT2D eigenvalue weighted by atomic mass is 10.1. The van der Waals surface area contributed by atoms with Gasteiger partial charge in [0.1, 0.15) is 5.82 Å². The number of likely N-dealkylation sites (N-methyl/N-ethyl adjacent to an activating group) is 1. The Morgan fingerprint density at radius 3 is 2.35 bits per heavy atom. The van der Waals surface area contributed by atoms with E-state index in [2.05, 4.69) is 50.2 Å². The highest BCUT2D eigenvalue weighted by Gasteiger charge is 2.17. The second-order valence-electron chi connectivity index (χ2n) is 5.23. The second-order valence-corrected chi connectivity index (χ2v) is 5.23. The summed E-state index contributed by atoms with van der Waals surface area (Å²) in [5.41, 5.74) is 7.86. The van der Waals surface area contributed by atoms with Gasteiger partial charge in [0.05, 0.1) is 11.4 Å². The highest BCUT2D eigenvalue weighted by atomic mass is 15.3. The van der Waals surface area contributed by atoms with Gasteiger partial charge in [-0.1, -0.05) is 13.8 Å². The van der Waals surface area contributed by atoms with Crippen LogP contribution in [0.2, 0.25) is 0 Å². The number of nitrogens with one attached hydrogen (secondary N) is 1. The van der Waals surface area contributed by atoms with Crippen molar-refractivity contribution in [3.8, 4) is 0 Å². The molecule has 0 radical (unpaired) electrons. The molecule has 1 rings (SSSR count). The third-order valence-corrected chi connectivity index (χ3v) is 2.68. The number of anilines is 2. The van der Waals surface area contributed by atoms with E-state index in [4.69, 9.17) is 5.73 Å². The number of nitrogen functional groups attached to an aromatic ring is 1. The molecule has 0 fully saturated rings. The van der Waals surface area contributed by atoms with E-state index in [1.54, 1.807) is 0 Å². The van der Waals surface area contributed by atoms with Crippen molar-refractivity contribution in [1.29, 1.82) is 0 Å². The molecule has 5 heteroatoms. The van der Waals surface area contributed by atoms with Gasteiger partial charge in [-0.05, 0) is 26.9 Å². The van der Waals surface area contributed by atoms with Crippen molar-refractivity contribution in [1.82, 2.24) is 14.7 Å². The topological polar surface area (TPSA) is 59.1 Å². The number of nitrogens with two attached hydrogens (primary N) is 1. The summed E-state index contributed by atoms with van der Waals surface area (Å²) in [7, 11) is 6.04. The van der Waals surface area contributed by atoms with Crippen LogP contribution in [0, 0.1) is 0 Å². The normalized spacial score (nSPS) is 13.4. The summed E-state index contributed by atoms with van der Waals surface area (Å²) >= 11 is 0. The standard InChI is InChI=1S/C12H25N5/c1-8(2)11-10(13)12(17(6)15-11)14-9(3)7-16(4)5/h8-9,14H,7,13H2,1-6H3. The second kappa shape index (κ2) is 5.40. The van der Waals surface area contributed by atoms with E-state index in [9.17, 15) is 0 Å². The molecule has 0 aliphatic carbocycles. The van der Waals surface area contributed by atoms with E-state index >= 15 is 0 Å². The molecule has 3 N–H and O–H groups in total. The summed E-state index contributed by atoms with van der Waals surface area (Å²) < 4.78 is 1.83. The molecular weight excluding hydrogens is 214 g/mol. The molecule has 1 aromatic heterocycles. The average molecular weight is 239 g/mol. The summed E-state index contributed by atoms with van der Waals surface area (Å²) in [6.07, 6.45) is 0. The predicted molar refractivity (Wildman–Crippen MR) is 73.3 cm³/mol. The summed E-state index contributed by atoms with van der Waals surface area (Å²) in [6.45, 7) is 7.31. The molecular formula is C12H25N5. The third kappa shape index (κ3) is 3.36. The van der Waals surface area contributed by atoms with Crippen molar-refractivity contribution in [2.75, 3.05) is 31.7 Å². The molecule has 0 spiro atoms. The highest BCUT2D eigenvalue weighted by molar-refractivity contribution is 5.66. The Morgan fingerprint density at radius 1 is 1.35 bits per heavy atom. The lowest BCUT2D eigenvalue weighted by Gasteiger charge is -2.19. The first-order valence-electron chi connectivity index (χ1n) is 6.06. The molecule has 0 bridgehead atoms. The average Bonchev–Trinajstić information content (AvgIpc) is 2.44. The van der Waals surface area contributed by atoms with E-state index in [1.165, 1.54) is 0 Å². The van der Waals surface area contributed by atoms with Crippen LogP contribution in [-0.2, 0) is 7.05 Å². The minimum absolute atomic E-state index is 0.336. The zero-order chi connectivity index (χ0) is 13.2. The minimum atomic E-state index is 0.336. The zero-order valence-corrected chi connectivity index (χ0v) is 11.8. The number of aromatic nitrogens is 2. The van der Waals surface area contributed by atoms with Gasteiger partial charge < -0.3 is 16.0 Å². The molecule has 1 atom stereocenters. The lowest BCUT2D eigenvalue weighted by Crippen LogP contribution is -2.30. The van der Waals surface area contributed by atoms with Gasteiger partial charge in [0.15, 0.2) is 0 Å². The van der Waals surface area contributed by atoms with Crippen molar-refractivity contribution in [2.24, 2.45) is 7.05 Å². The summed E-state index contributed by atoms with van der Waals surface area (Å²) in [5, 5.41) is 7.88. The fraction of sp³-hybridized carbons (Fsp3) is 0.750. The highest BCUT2D eigenvalue weighted by Crippen LogP contribution is 2.28. The number of nitrogens with zero attached hydrogens (tertiary/aromatic N) is 3. The van der Waals surface area contributed by atoms with Crippen molar-refractivity contribution < 1.29 is 0 Å². The number of hydrogen-bond acceptors (Lipinski definition) is 4. The number of rotatable bonds is 5. The van der Waals surface area contributed by atoms with Crippen LogP contribution in [0.5, 0.6) is 0 Å². The Labute approximate surface area is 104 Å². The first kappa shape index (κ1) is 13.8. The summed E-state index contributed by atoms with van der Waals surface area (Å²) in [4.78, 5) is 2.15. The predicted octanol–water partition coefficient (Wildman–Crippen LogP) is 1.49. The smallest absolute Gasteiger partial charge is 0.148 e. The Kier molecular flexibility index (Phi) is 4.40. The van der Waals surface area contributed by atoms with Crippen LogP contribution in [0.3, 0.4) is 0 Å². The Bertz CT molecular complexity index is 367. The molecule has 0 aliphatic rings. The Balaban J connectivity index is 2.84. The van der Waals surface area contributed by atoms with Gasteiger partial charge in [-0.25, -0.2) is 0 Å². The van der Waals surface area contributed by atoms with Gasteiger partial charge in [-0.3, -0.25) is 4.68 Å². The third-order valence-electron chi connectivity index (χ3n) is 2.68. The van der Waals surface area contributed by atoms with Crippen LogP contribution in [-0.4, -0.2) is 41.4 Å². The van der Waals surface area contributed by atoms with Crippen molar-refractivity contribution in [3.05, 3.63) is 5.69 Å². The molecule has 0 saturated heterocycles. The van der Waals surface area contributed by atoms with Gasteiger partial charge >= 0.3 is 0 Å². The molecule has 0 aromatic carbocycles. The van der Waals surface area contributed by atoms with Crippen molar-refractivity contribution in [2.45, 2.75) is 32.7 Å². The maximum absolute atomic E-state index is 6.12. The van der Waals surface area contributed by atoms with Crippen LogP contribution in [0.15, 0.2) is 0 Å². The Morgan fingerprint density at radius 2 is 1.94 bits per heavy atom. The van der Waals surface area contributed by atoms with Crippen LogP contribution >= 0.6 is 0 Å². The minimum Gasteiger partial charge on any atom is -0.394 e. The SMILES string of the molecule is CC(CN(C)C)Nc1c(N)c(C(C)C)nn1C. The summed E-state index contributed by atoms with van der Waals surface area (Å²) in [5.74, 6) is 1.27. The molecule has 98 valence electrons. The molecule has 1 unspecified atom stereocenters. The fourth-order valence-corrected chi connectivity index (χ4v) is 1.99. The van der Waals surface area contributed by atoms with Crippen LogP contribution < -0.4 is 11.1 Å². The van der Waals surface area contributed by atoms with Gasteiger partial charge in [0.2, 0.25) is 0 Å². The molecule has 0 aliphatic heterocycles. The fourth-order valence-electron chi connectivity index (χ4n) is 1.99. The van der Waals surface area contributed by atoms with E-state index in [1.807, 2.05) is 11.7 Å². The van der Waals surface area contributed by atoms with E-state index < -0.39 is 0 Å². The first-order chi connectivity index (χ1) is 7.82. The van der Waals surface area contributed by atoms with Crippen LogP contribution in [0.1, 0.15) is 32.4 Å². The first-order valence-corrected chi connectivity index (χ1v) is 6.06. The number of hydrogen-bond donors (Lipinski definition) is 2. The lowest BCUT2D eigenvalue weighted by molar-refractivity contribution is 0.391. The van der Waals surface area contributed by atoms with Crippen molar-refractivity contribution in [3.63, 3.8) is 0 Å². The maximum Gasteiger partial charge on any atom is 0.148 e. The van der Waals surface area contributed by atoms with Gasteiger partial charge in [0.25, 0.3) is 0 Å². The zero-order valence-electron chi connectivity index (χ0n) is 11.8. The van der Waals surface area contributed by atoms with E-state index in [-0.39, 0.29) is 0 Å². The Hall–Kier alpha value is -1.23. The monoisotopic (exact) mass is 239 g/mol. The van der Waals surface area contributed by atoms with Gasteiger partial charge in [0, 0.05) is 19.6 Å². The quantitative estimate of drug-likeness (QED) is 0.817. The van der Waals surface area contributed by atoms with Crippen LogP contribution in [0.4, 0.5) is 11.5 Å². The van der Waals surface area contributed by atoms with Crippen LogP contribution in [0.25, 0.3) is 0 Å².